The van der Waals surface area contributed by atoms with E-state index in [-0.39, 0.29) is 0 Å². The van der Waals surface area contributed by atoms with Crippen LogP contribution in [0.2, 0.25) is 0 Å². The van der Waals surface area contributed by atoms with E-state index in [2.05, 4.69) is 80.5 Å². The summed E-state index contributed by atoms with van der Waals surface area (Å²) in [6, 6.07) is 18.2. The van der Waals surface area contributed by atoms with Gasteiger partial charge < -0.3 is 0 Å². The minimum atomic E-state index is 0.302. The Bertz CT molecular complexity index is 997. The normalized spacial score (nSPS) is 14.6. The quantitative estimate of drug-likeness (QED) is 0.362. The van der Waals surface area contributed by atoms with Gasteiger partial charge in [0.2, 0.25) is 0 Å². The van der Waals surface area contributed by atoms with Crippen molar-refractivity contribution in [1.82, 2.24) is 4.98 Å². The lowest BCUT2D eigenvalue weighted by Gasteiger charge is -2.22. The monoisotopic (exact) mass is 397 g/mol. The van der Waals surface area contributed by atoms with Crippen molar-refractivity contribution < 1.29 is 0 Å². The van der Waals surface area contributed by atoms with Gasteiger partial charge in [0, 0.05) is 12.4 Å². The van der Waals surface area contributed by atoms with Gasteiger partial charge in [-0.25, -0.2) is 0 Å². The van der Waals surface area contributed by atoms with Crippen molar-refractivity contribution >= 4 is 0 Å². The lowest BCUT2D eigenvalue weighted by Crippen LogP contribution is -2.11. The van der Waals surface area contributed by atoms with Gasteiger partial charge in [0.15, 0.2) is 0 Å². The average Bonchev–Trinajstić information content (AvgIpc) is 3.58. The van der Waals surface area contributed by atoms with E-state index in [4.69, 9.17) is 0 Å². The van der Waals surface area contributed by atoms with Crippen LogP contribution in [0.25, 0.3) is 11.1 Å². The molecule has 0 bridgehead atoms. The molecule has 0 atom stereocenters. The van der Waals surface area contributed by atoms with E-state index in [0.717, 1.165) is 19.3 Å². The molecule has 0 amide bonds. The first-order valence-corrected chi connectivity index (χ1v) is 11.8. The minimum absolute atomic E-state index is 0.302. The molecule has 1 heterocycles. The van der Waals surface area contributed by atoms with Crippen molar-refractivity contribution in [2.45, 2.75) is 77.6 Å². The number of aromatic nitrogens is 1. The second kappa shape index (κ2) is 9.16. The van der Waals surface area contributed by atoms with Crippen LogP contribution in [0.4, 0.5) is 0 Å². The van der Waals surface area contributed by atoms with Crippen LogP contribution < -0.4 is 0 Å². The highest BCUT2D eigenvalue weighted by molar-refractivity contribution is 5.72. The molecule has 156 valence electrons. The molecule has 0 aliphatic heterocycles. The zero-order valence-electron chi connectivity index (χ0n) is 18.9. The summed E-state index contributed by atoms with van der Waals surface area (Å²) >= 11 is 0. The van der Waals surface area contributed by atoms with Gasteiger partial charge in [-0.2, -0.15) is 0 Å². The first kappa shape index (κ1) is 20.8. The van der Waals surface area contributed by atoms with Crippen molar-refractivity contribution in [2.75, 3.05) is 0 Å². The van der Waals surface area contributed by atoms with Crippen molar-refractivity contribution in [3.05, 3.63) is 88.7 Å². The maximum atomic E-state index is 4.57. The lowest BCUT2D eigenvalue weighted by atomic mass is 9.83. The van der Waals surface area contributed by atoms with Crippen LogP contribution >= 0.6 is 0 Å². The molecule has 0 saturated heterocycles. The highest BCUT2D eigenvalue weighted by Gasteiger charge is 2.45. The summed E-state index contributed by atoms with van der Waals surface area (Å²) in [5.41, 5.74) is 10.5. The maximum Gasteiger partial charge on any atom is 0.0311 e. The fraction of sp³-hybridized carbons (Fsp3) is 0.414. The van der Waals surface area contributed by atoms with Crippen molar-refractivity contribution in [2.24, 2.45) is 0 Å². The van der Waals surface area contributed by atoms with Crippen LogP contribution in [0.3, 0.4) is 0 Å². The third-order valence-corrected chi connectivity index (χ3v) is 6.97. The molecule has 1 nitrogen and oxygen atoms in total. The Morgan fingerprint density at radius 3 is 2.47 bits per heavy atom. The second-order valence-electron chi connectivity index (χ2n) is 9.09. The van der Waals surface area contributed by atoms with Crippen molar-refractivity contribution in [1.29, 1.82) is 0 Å². The molecule has 4 rings (SSSR count). The predicted octanol–water partition coefficient (Wildman–Crippen LogP) is 7.63. The van der Waals surface area contributed by atoms with E-state index in [1.165, 1.54) is 71.0 Å². The Labute approximate surface area is 182 Å². The molecule has 1 aromatic heterocycles. The molecule has 1 fully saturated rings. The van der Waals surface area contributed by atoms with E-state index in [0.29, 0.717) is 5.41 Å². The fourth-order valence-corrected chi connectivity index (χ4v) is 4.93. The van der Waals surface area contributed by atoms with Crippen molar-refractivity contribution in [3.8, 4) is 11.1 Å². The van der Waals surface area contributed by atoms with E-state index in [1.807, 2.05) is 6.20 Å². The van der Waals surface area contributed by atoms with Gasteiger partial charge in [-0.1, -0.05) is 68.3 Å². The average molecular weight is 398 g/mol. The zero-order valence-corrected chi connectivity index (χ0v) is 18.9. The molecule has 1 heteroatoms. The Balaban J connectivity index is 1.64. The molecule has 0 unspecified atom stereocenters. The van der Waals surface area contributed by atoms with Crippen LogP contribution in [-0.2, 0) is 24.7 Å². The number of aryl methyl sites for hydroxylation is 4. The molecular weight excluding hydrogens is 362 g/mol. The van der Waals surface area contributed by atoms with Gasteiger partial charge in [0.05, 0.1) is 0 Å². The third-order valence-electron chi connectivity index (χ3n) is 6.97. The second-order valence-corrected chi connectivity index (χ2v) is 9.09. The van der Waals surface area contributed by atoms with Crippen LogP contribution in [-0.4, -0.2) is 4.98 Å². The maximum absolute atomic E-state index is 4.57. The summed E-state index contributed by atoms with van der Waals surface area (Å²) in [6.07, 6.45) is 13.9. The SMILES string of the molecule is CCCCc1ccccc1-c1ccncc1C1(CCc2cc(C)ccc2CC)CC1. The Kier molecular flexibility index (Phi) is 6.37. The van der Waals surface area contributed by atoms with Gasteiger partial charge in [-0.05, 0) is 96.7 Å². The first-order valence-electron chi connectivity index (χ1n) is 11.8. The molecule has 2 aromatic carbocycles. The molecule has 1 aliphatic carbocycles. The van der Waals surface area contributed by atoms with Gasteiger partial charge in [0.1, 0.15) is 0 Å². The summed E-state index contributed by atoms with van der Waals surface area (Å²) in [5.74, 6) is 0. The smallest absolute Gasteiger partial charge is 0.0311 e. The van der Waals surface area contributed by atoms with Crippen LogP contribution in [0.5, 0.6) is 0 Å². The molecule has 0 radical (unpaired) electrons. The molecule has 30 heavy (non-hydrogen) atoms. The number of rotatable bonds is 9. The highest BCUT2D eigenvalue weighted by Crippen LogP contribution is 2.54. The Morgan fingerprint density at radius 1 is 0.867 bits per heavy atom. The molecule has 1 aliphatic rings. The lowest BCUT2D eigenvalue weighted by molar-refractivity contribution is 0.615. The Morgan fingerprint density at radius 2 is 1.70 bits per heavy atom. The summed E-state index contributed by atoms with van der Waals surface area (Å²) < 4.78 is 0. The summed E-state index contributed by atoms with van der Waals surface area (Å²) in [6.45, 7) is 6.76. The van der Waals surface area contributed by atoms with E-state index < -0.39 is 0 Å². The molecule has 0 spiro atoms. The molecule has 0 N–H and O–H groups in total. The van der Waals surface area contributed by atoms with Crippen LogP contribution in [0.15, 0.2) is 60.9 Å². The third kappa shape index (κ3) is 4.36. The minimum Gasteiger partial charge on any atom is -0.264 e. The number of pyridine rings is 1. The fourth-order valence-electron chi connectivity index (χ4n) is 4.93. The summed E-state index contributed by atoms with van der Waals surface area (Å²) in [5, 5.41) is 0. The van der Waals surface area contributed by atoms with Gasteiger partial charge >= 0.3 is 0 Å². The van der Waals surface area contributed by atoms with E-state index in [1.54, 1.807) is 0 Å². The molecule has 1 saturated carbocycles. The number of benzene rings is 2. The van der Waals surface area contributed by atoms with Crippen LogP contribution in [0.1, 0.15) is 73.8 Å². The molecule has 3 aromatic rings. The number of nitrogens with zero attached hydrogens (tertiary/aromatic N) is 1. The topological polar surface area (TPSA) is 12.9 Å². The van der Waals surface area contributed by atoms with Crippen LogP contribution in [0, 0.1) is 6.92 Å². The predicted molar refractivity (Wildman–Crippen MR) is 128 cm³/mol. The molecular formula is C29H35N. The summed E-state index contributed by atoms with van der Waals surface area (Å²) in [4.78, 5) is 4.57. The van der Waals surface area contributed by atoms with Gasteiger partial charge in [-0.15, -0.1) is 0 Å². The van der Waals surface area contributed by atoms with Gasteiger partial charge in [0.25, 0.3) is 0 Å². The Hall–Kier alpha value is -2.41. The number of hydrogen-bond donors (Lipinski definition) is 0. The van der Waals surface area contributed by atoms with Gasteiger partial charge in [-0.3, -0.25) is 4.98 Å². The highest BCUT2D eigenvalue weighted by atomic mass is 14.6. The van der Waals surface area contributed by atoms with E-state index >= 15 is 0 Å². The van der Waals surface area contributed by atoms with Crippen molar-refractivity contribution in [3.63, 3.8) is 0 Å². The van der Waals surface area contributed by atoms with E-state index in [9.17, 15) is 0 Å². The largest absolute Gasteiger partial charge is 0.264 e. The standard InChI is InChI=1S/C29H35N/c1-4-6-9-24-10-7-8-11-26(24)27-15-19-30-21-28(27)29(17-18-29)16-14-25-20-22(3)12-13-23(25)5-2/h7-8,10-13,15,19-21H,4-6,9,14,16-18H2,1-3H3. The first-order chi connectivity index (χ1) is 14.7. The summed E-state index contributed by atoms with van der Waals surface area (Å²) in [7, 11) is 0. The number of hydrogen-bond acceptors (Lipinski definition) is 1. The number of unbranched alkanes of at least 4 members (excludes halogenated alkanes) is 1. The zero-order chi connectivity index (χ0) is 21.0.